The highest BCUT2D eigenvalue weighted by molar-refractivity contribution is 6.05. The molecule has 4 rings (SSSR count). The van der Waals surface area contributed by atoms with Crippen molar-refractivity contribution in [2.45, 2.75) is 33.1 Å². The van der Waals surface area contributed by atoms with Crippen LogP contribution in [0.5, 0.6) is 0 Å². The number of anilines is 3. The first-order valence-corrected chi connectivity index (χ1v) is 9.63. The summed E-state index contributed by atoms with van der Waals surface area (Å²) in [5, 5.41) is 2.95. The number of amides is 3. The Kier molecular flexibility index (Phi) is 4.63. The van der Waals surface area contributed by atoms with E-state index in [-0.39, 0.29) is 17.7 Å². The van der Waals surface area contributed by atoms with Gasteiger partial charge in [0.2, 0.25) is 11.8 Å². The van der Waals surface area contributed by atoms with Crippen LogP contribution in [0.4, 0.5) is 17.1 Å². The van der Waals surface area contributed by atoms with Gasteiger partial charge in [-0.2, -0.15) is 0 Å². The molecule has 0 atom stereocenters. The largest absolute Gasteiger partial charge is 0.322 e. The topological polar surface area (TPSA) is 69.7 Å². The van der Waals surface area contributed by atoms with Gasteiger partial charge >= 0.3 is 0 Å². The average molecular weight is 377 g/mol. The standard InChI is InChI=1S/C22H23N3O3/c1-3-21(27)25-11-9-15-12-17(4-6-20(15)25)22(28)23-18-5-7-19-16(13-18)8-10-24(19)14(2)26/h4-7,12-13H,3,8-11H2,1-2H3,(H,23,28). The molecule has 0 aromatic heterocycles. The molecule has 28 heavy (non-hydrogen) atoms. The average Bonchev–Trinajstić information content (AvgIpc) is 3.30. The Labute approximate surface area is 164 Å². The van der Waals surface area contributed by atoms with Crippen molar-refractivity contribution in [2.75, 3.05) is 28.2 Å². The van der Waals surface area contributed by atoms with Crippen molar-refractivity contribution < 1.29 is 14.4 Å². The van der Waals surface area contributed by atoms with Crippen molar-refractivity contribution in [2.24, 2.45) is 0 Å². The zero-order chi connectivity index (χ0) is 19.8. The van der Waals surface area contributed by atoms with Crippen LogP contribution >= 0.6 is 0 Å². The van der Waals surface area contributed by atoms with Gasteiger partial charge in [0.05, 0.1) is 0 Å². The fourth-order valence-electron chi connectivity index (χ4n) is 4.00. The molecule has 2 aliphatic rings. The molecule has 2 aliphatic heterocycles. The summed E-state index contributed by atoms with van der Waals surface area (Å²) in [5.74, 6) is -0.0394. The van der Waals surface area contributed by atoms with Crippen molar-refractivity contribution in [3.8, 4) is 0 Å². The maximum absolute atomic E-state index is 12.7. The summed E-state index contributed by atoms with van der Waals surface area (Å²) in [7, 11) is 0. The van der Waals surface area contributed by atoms with E-state index in [1.165, 1.54) is 0 Å². The van der Waals surface area contributed by atoms with Crippen LogP contribution in [-0.2, 0) is 22.4 Å². The summed E-state index contributed by atoms with van der Waals surface area (Å²) in [5.41, 5.74) is 5.22. The van der Waals surface area contributed by atoms with Gasteiger partial charge in [0.15, 0.2) is 0 Å². The van der Waals surface area contributed by atoms with Crippen molar-refractivity contribution in [1.29, 1.82) is 0 Å². The number of rotatable bonds is 3. The monoisotopic (exact) mass is 377 g/mol. The minimum absolute atomic E-state index is 0.0317. The minimum Gasteiger partial charge on any atom is -0.322 e. The first-order valence-electron chi connectivity index (χ1n) is 9.63. The lowest BCUT2D eigenvalue weighted by atomic mass is 10.1. The second-order valence-corrected chi connectivity index (χ2v) is 7.21. The molecule has 0 bridgehead atoms. The molecule has 0 unspecified atom stereocenters. The van der Waals surface area contributed by atoms with Crippen molar-refractivity contribution in [3.05, 3.63) is 53.1 Å². The predicted octanol–water partition coefficient (Wildman–Crippen LogP) is 3.15. The minimum atomic E-state index is -0.176. The Hall–Kier alpha value is -3.15. The van der Waals surface area contributed by atoms with Gasteiger partial charge in [-0.15, -0.1) is 0 Å². The molecule has 0 fully saturated rings. The molecule has 3 amide bonds. The van der Waals surface area contributed by atoms with Crippen LogP contribution in [0.25, 0.3) is 0 Å². The van der Waals surface area contributed by atoms with Gasteiger partial charge in [-0.3, -0.25) is 14.4 Å². The third-order valence-corrected chi connectivity index (χ3v) is 5.45. The Bertz CT molecular complexity index is 983. The maximum atomic E-state index is 12.7. The molecule has 0 saturated carbocycles. The Morgan fingerprint density at radius 3 is 2.29 bits per heavy atom. The molecular formula is C22H23N3O3. The van der Waals surface area contributed by atoms with E-state index in [0.29, 0.717) is 25.1 Å². The van der Waals surface area contributed by atoms with E-state index in [2.05, 4.69) is 5.32 Å². The first kappa shape index (κ1) is 18.2. The molecular weight excluding hydrogens is 354 g/mol. The number of nitrogens with one attached hydrogen (secondary N) is 1. The third-order valence-electron chi connectivity index (χ3n) is 5.45. The van der Waals surface area contributed by atoms with Crippen molar-refractivity contribution in [1.82, 2.24) is 0 Å². The van der Waals surface area contributed by atoms with Gasteiger partial charge in [-0.05, 0) is 60.4 Å². The van der Waals surface area contributed by atoms with E-state index in [0.717, 1.165) is 41.0 Å². The molecule has 6 nitrogen and oxygen atoms in total. The molecule has 2 aromatic rings. The number of hydrogen-bond acceptors (Lipinski definition) is 3. The Balaban J connectivity index is 1.51. The molecule has 0 radical (unpaired) electrons. The van der Waals surface area contributed by atoms with Gasteiger partial charge in [-0.25, -0.2) is 0 Å². The fraction of sp³-hybridized carbons (Fsp3) is 0.318. The van der Waals surface area contributed by atoms with Crippen molar-refractivity contribution in [3.63, 3.8) is 0 Å². The molecule has 144 valence electrons. The molecule has 0 saturated heterocycles. The highest BCUT2D eigenvalue weighted by Crippen LogP contribution is 2.32. The summed E-state index contributed by atoms with van der Waals surface area (Å²) < 4.78 is 0. The smallest absolute Gasteiger partial charge is 0.255 e. The second kappa shape index (κ2) is 7.11. The van der Waals surface area contributed by atoms with E-state index < -0.39 is 0 Å². The van der Waals surface area contributed by atoms with Gasteiger partial charge in [0.25, 0.3) is 5.91 Å². The lowest BCUT2D eigenvalue weighted by Gasteiger charge is -2.16. The Morgan fingerprint density at radius 1 is 0.929 bits per heavy atom. The van der Waals surface area contributed by atoms with Gasteiger partial charge in [0.1, 0.15) is 0 Å². The van der Waals surface area contributed by atoms with E-state index >= 15 is 0 Å². The SMILES string of the molecule is CCC(=O)N1CCc2cc(C(=O)Nc3ccc4c(c3)CCN4C(C)=O)ccc21. The van der Waals surface area contributed by atoms with E-state index in [1.54, 1.807) is 22.8 Å². The van der Waals surface area contributed by atoms with Gasteiger partial charge < -0.3 is 15.1 Å². The van der Waals surface area contributed by atoms with E-state index in [9.17, 15) is 14.4 Å². The highest BCUT2D eigenvalue weighted by atomic mass is 16.2. The summed E-state index contributed by atoms with van der Waals surface area (Å²) in [6, 6.07) is 11.1. The maximum Gasteiger partial charge on any atom is 0.255 e. The molecule has 0 aliphatic carbocycles. The normalized spacial score (nSPS) is 14.6. The Morgan fingerprint density at radius 2 is 1.57 bits per heavy atom. The summed E-state index contributed by atoms with van der Waals surface area (Å²) in [6.07, 6.45) is 2.03. The fourth-order valence-corrected chi connectivity index (χ4v) is 4.00. The number of fused-ring (bicyclic) bond motifs is 2. The zero-order valence-electron chi connectivity index (χ0n) is 16.1. The molecule has 2 aromatic carbocycles. The summed E-state index contributed by atoms with van der Waals surface area (Å²) >= 11 is 0. The number of carbonyl (C=O) groups excluding carboxylic acids is 3. The molecule has 2 heterocycles. The van der Waals surface area contributed by atoms with E-state index in [1.807, 2.05) is 37.3 Å². The van der Waals surface area contributed by atoms with Crippen LogP contribution in [0, 0.1) is 0 Å². The summed E-state index contributed by atoms with van der Waals surface area (Å²) in [4.78, 5) is 39.9. The number of carbonyl (C=O) groups is 3. The van der Waals surface area contributed by atoms with Crippen LogP contribution in [0.3, 0.4) is 0 Å². The number of benzene rings is 2. The quantitative estimate of drug-likeness (QED) is 0.893. The number of nitrogens with zero attached hydrogens (tertiary/aromatic N) is 2. The predicted molar refractivity (Wildman–Crippen MR) is 109 cm³/mol. The summed E-state index contributed by atoms with van der Waals surface area (Å²) in [6.45, 7) is 4.77. The zero-order valence-corrected chi connectivity index (χ0v) is 16.1. The lowest BCUT2D eigenvalue weighted by molar-refractivity contribution is -0.118. The molecule has 1 N–H and O–H groups in total. The van der Waals surface area contributed by atoms with Gasteiger partial charge in [-0.1, -0.05) is 6.92 Å². The van der Waals surface area contributed by atoms with Gasteiger partial charge in [0, 0.05) is 49.1 Å². The lowest BCUT2D eigenvalue weighted by Crippen LogP contribution is -2.27. The highest BCUT2D eigenvalue weighted by Gasteiger charge is 2.25. The van der Waals surface area contributed by atoms with Crippen LogP contribution in [-0.4, -0.2) is 30.8 Å². The van der Waals surface area contributed by atoms with Crippen molar-refractivity contribution >= 4 is 34.8 Å². The second-order valence-electron chi connectivity index (χ2n) is 7.21. The molecule has 6 heteroatoms. The van der Waals surface area contributed by atoms with Crippen LogP contribution < -0.4 is 15.1 Å². The van der Waals surface area contributed by atoms with Crippen LogP contribution in [0.2, 0.25) is 0 Å². The first-order chi connectivity index (χ1) is 13.5. The van der Waals surface area contributed by atoms with Crippen LogP contribution in [0.15, 0.2) is 36.4 Å². The number of hydrogen-bond donors (Lipinski definition) is 1. The van der Waals surface area contributed by atoms with Crippen LogP contribution in [0.1, 0.15) is 41.8 Å². The van der Waals surface area contributed by atoms with E-state index in [4.69, 9.17) is 0 Å². The third kappa shape index (κ3) is 3.15. The molecule has 0 spiro atoms.